The molecule has 1 aromatic rings. The second kappa shape index (κ2) is 4.55. The smallest absolute Gasteiger partial charge is 0.247 e. The zero-order valence-corrected chi connectivity index (χ0v) is 8.48. The molecule has 1 aromatic carbocycles. The Balaban J connectivity index is 2.87. The zero-order valence-electron chi connectivity index (χ0n) is 6.69. The first-order valence-corrected chi connectivity index (χ1v) is 4.46. The van der Waals surface area contributed by atoms with Crippen molar-refractivity contribution >= 4 is 31.2 Å². The summed E-state index contributed by atoms with van der Waals surface area (Å²) in [5.41, 5.74) is 2.30. The minimum atomic E-state index is -0.464. The molecule has 0 heterocycles. The molecule has 0 aliphatic heterocycles. The molecular weight excluding hydrogens is 206 g/mol. The van der Waals surface area contributed by atoms with E-state index in [1.165, 1.54) is 0 Å². The summed E-state index contributed by atoms with van der Waals surface area (Å²) in [7, 11) is 0. The molecule has 2 N–H and O–H groups in total. The minimum absolute atomic E-state index is 0.101. The van der Waals surface area contributed by atoms with E-state index in [9.17, 15) is 4.79 Å². The molecule has 0 saturated heterocycles. The molecule has 0 fully saturated rings. The van der Waals surface area contributed by atoms with E-state index in [-0.39, 0.29) is 6.42 Å². The van der Waals surface area contributed by atoms with Crippen LogP contribution in [0.25, 0.3) is 0 Å². The SMILES string of the molecule is O=C(Cc1cc(S)ccc1S)NO. The van der Waals surface area contributed by atoms with Crippen LogP contribution in [0.2, 0.25) is 0 Å². The van der Waals surface area contributed by atoms with Gasteiger partial charge in [-0.2, -0.15) is 0 Å². The third-order valence-corrected chi connectivity index (χ3v) is 2.25. The average Bonchev–Trinajstić information content (AvgIpc) is 2.11. The molecule has 1 rings (SSSR count). The molecule has 13 heavy (non-hydrogen) atoms. The number of thiol groups is 2. The maximum atomic E-state index is 10.8. The molecular formula is C8H9NO2S2. The summed E-state index contributed by atoms with van der Waals surface area (Å²) in [6.07, 6.45) is 0.101. The molecule has 0 saturated carbocycles. The number of nitrogens with one attached hydrogen (secondary N) is 1. The fourth-order valence-electron chi connectivity index (χ4n) is 0.926. The Hall–Kier alpha value is -0.650. The van der Waals surface area contributed by atoms with Gasteiger partial charge in [-0.1, -0.05) is 0 Å². The molecule has 0 radical (unpaired) electrons. The molecule has 3 nitrogen and oxygen atoms in total. The topological polar surface area (TPSA) is 49.3 Å². The Morgan fingerprint density at radius 1 is 1.46 bits per heavy atom. The van der Waals surface area contributed by atoms with Gasteiger partial charge in [0.25, 0.3) is 0 Å². The molecule has 0 aliphatic rings. The first kappa shape index (κ1) is 10.4. The summed E-state index contributed by atoms with van der Waals surface area (Å²) in [5, 5.41) is 8.31. The van der Waals surface area contributed by atoms with Gasteiger partial charge in [-0.25, -0.2) is 5.48 Å². The molecule has 0 atom stereocenters. The van der Waals surface area contributed by atoms with Crippen molar-refractivity contribution in [1.82, 2.24) is 5.48 Å². The Bertz CT molecular complexity index is 328. The number of amides is 1. The Kier molecular flexibility index (Phi) is 3.65. The van der Waals surface area contributed by atoms with Gasteiger partial charge in [0, 0.05) is 9.79 Å². The second-order valence-electron chi connectivity index (χ2n) is 2.52. The van der Waals surface area contributed by atoms with Crippen LogP contribution in [0.4, 0.5) is 0 Å². The third kappa shape index (κ3) is 2.95. The molecule has 0 unspecified atom stereocenters. The number of hydroxylamine groups is 1. The number of rotatable bonds is 2. The highest BCUT2D eigenvalue weighted by molar-refractivity contribution is 7.80. The van der Waals surface area contributed by atoms with E-state index in [2.05, 4.69) is 25.3 Å². The number of benzene rings is 1. The van der Waals surface area contributed by atoms with Crippen molar-refractivity contribution in [3.8, 4) is 0 Å². The van der Waals surface area contributed by atoms with Crippen molar-refractivity contribution in [3.63, 3.8) is 0 Å². The number of carbonyl (C=O) groups excluding carboxylic acids is 1. The summed E-state index contributed by atoms with van der Waals surface area (Å²) < 4.78 is 0. The normalized spacial score (nSPS) is 9.77. The van der Waals surface area contributed by atoms with Crippen LogP contribution in [-0.4, -0.2) is 11.1 Å². The van der Waals surface area contributed by atoms with Crippen LogP contribution in [0.15, 0.2) is 28.0 Å². The lowest BCUT2D eigenvalue weighted by molar-refractivity contribution is -0.128. The summed E-state index contributed by atoms with van der Waals surface area (Å²) in [6, 6.07) is 5.28. The Labute approximate surface area is 86.9 Å². The molecule has 70 valence electrons. The molecule has 0 aromatic heterocycles. The maximum absolute atomic E-state index is 10.8. The number of carbonyl (C=O) groups is 1. The highest BCUT2D eigenvalue weighted by atomic mass is 32.1. The maximum Gasteiger partial charge on any atom is 0.247 e. The lowest BCUT2D eigenvalue weighted by Crippen LogP contribution is -2.20. The number of hydrogen-bond donors (Lipinski definition) is 4. The van der Waals surface area contributed by atoms with Crippen LogP contribution in [0.3, 0.4) is 0 Å². The largest absolute Gasteiger partial charge is 0.289 e. The van der Waals surface area contributed by atoms with E-state index in [1.54, 1.807) is 23.7 Å². The van der Waals surface area contributed by atoms with Gasteiger partial charge in [0.2, 0.25) is 5.91 Å². The summed E-state index contributed by atoms with van der Waals surface area (Å²) >= 11 is 8.29. The van der Waals surface area contributed by atoms with Crippen molar-refractivity contribution in [2.24, 2.45) is 0 Å². The predicted molar refractivity (Wildman–Crippen MR) is 54.6 cm³/mol. The van der Waals surface area contributed by atoms with Crippen LogP contribution < -0.4 is 5.48 Å². The van der Waals surface area contributed by atoms with E-state index in [1.807, 2.05) is 0 Å². The standard InChI is InChI=1S/C8H9NO2S2/c10-8(9-11)4-5-3-6(12)1-2-7(5)13/h1-3,11-13H,4H2,(H,9,10). The Morgan fingerprint density at radius 3 is 2.77 bits per heavy atom. The molecule has 1 amide bonds. The van der Waals surface area contributed by atoms with Crippen LogP contribution >= 0.6 is 25.3 Å². The van der Waals surface area contributed by atoms with Gasteiger partial charge in [-0.15, -0.1) is 25.3 Å². The summed E-state index contributed by atoms with van der Waals surface area (Å²) in [5.74, 6) is -0.464. The van der Waals surface area contributed by atoms with Gasteiger partial charge in [0.05, 0.1) is 6.42 Å². The quantitative estimate of drug-likeness (QED) is 0.341. The van der Waals surface area contributed by atoms with Crippen molar-refractivity contribution < 1.29 is 10.0 Å². The number of hydrogen-bond acceptors (Lipinski definition) is 4. The highest BCUT2D eigenvalue weighted by Crippen LogP contribution is 2.18. The van der Waals surface area contributed by atoms with Crippen molar-refractivity contribution in [2.75, 3.05) is 0 Å². The fraction of sp³-hybridized carbons (Fsp3) is 0.125. The fourth-order valence-corrected chi connectivity index (χ4v) is 1.37. The van der Waals surface area contributed by atoms with Gasteiger partial charge in [-0.3, -0.25) is 10.0 Å². The van der Waals surface area contributed by atoms with Crippen LogP contribution in [0.1, 0.15) is 5.56 Å². The lowest BCUT2D eigenvalue weighted by Gasteiger charge is -2.04. The second-order valence-corrected chi connectivity index (χ2v) is 3.52. The van der Waals surface area contributed by atoms with Crippen molar-refractivity contribution in [3.05, 3.63) is 23.8 Å². The van der Waals surface area contributed by atoms with E-state index in [0.29, 0.717) is 4.90 Å². The molecule has 0 spiro atoms. The van der Waals surface area contributed by atoms with Gasteiger partial charge in [0.15, 0.2) is 0 Å². The van der Waals surface area contributed by atoms with Gasteiger partial charge < -0.3 is 0 Å². The molecule has 5 heteroatoms. The monoisotopic (exact) mass is 215 g/mol. The zero-order chi connectivity index (χ0) is 9.84. The minimum Gasteiger partial charge on any atom is -0.289 e. The van der Waals surface area contributed by atoms with Crippen LogP contribution in [0.5, 0.6) is 0 Å². The van der Waals surface area contributed by atoms with E-state index < -0.39 is 5.91 Å². The average molecular weight is 215 g/mol. The van der Waals surface area contributed by atoms with Crippen molar-refractivity contribution in [1.29, 1.82) is 0 Å². The predicted octanol–water partition coefficient (Wildman–Crippen LogP) is 1.31. The van der Waals surface area contributed by atoms with E-state index >= 15 is 0 Å². The van der Waals surface area contributed by atoms with Crippen molar-refractivity contribution in [2.45, 2.75) is 16.2 Å². The first-order valence-electron chi connectivity index (χ1n) is 3.57. The summed E-state index contributed by atoms with van der Waals surface area (Å²) in [6.45, 7) is 0. The van der Waals surface area contributed by atoms with Gasteiger partial charge >= 0.3 is 0 Å². The third-order valence-electron chi connectivity index (χ3n) is 1.54. The van der Waals surface area contributed by atoms with Crippen LogP contribution in [-0.2, 0) is 11.2 Å². The molecule has 0 aliphatic carbocycles. The van der Waals surface area contributed by atoms with E-state index in [4.69, 9.17) is 5.21 Å². The van der Waals surface area contributed by atoms with Gasteiger partial charge in [0.1, 0.15) is 0 Å². The van der Waals surface area contributed by atoms with Gasteiger partial charge in [-0.05, 0) is 23.8 Å². The summed E-state index contributed by atoms with van der Waals surface area (Å²) in [4.78, 5) is 12.3. The lowest BCUT2D eigenvalue weighted by atomic mass is 10.1. The Morgan fingerprint density at radius 2 is 2.15 bits per heavy atom. The van der Waals surface area contributed by atoms with Crippen LogP contribution in [0, 0.1) is 0 Å². The highest BCUT2D eigenvalue weighted by Gasteiger charge is 2.05. The molecule has 0 bridgehead atoms. The first-order chi connectivity index (χ1) is 6.13. The van der Waals surface area contributed by atoms with E-state index in [0.717, 1.165) is 10.5 Å².